The van der Waals surface area contributed by atoms with E-state index >= 15 is 0 Å². The number of rotatable bonds is 6. The SMILES string of the molecule is Cl.O=C1C2CC=CCC2C(=O)N1CCCN1CCN(c2ccccc2-c2ccccc2)CC1. The van der Waals surface area contributed by atoms with Crippen LogP contribution in [0.3, 0.4) is 0 Å². The second-order valence-electron chi connectivity index (χ2n) is 9.05. The van der Waals surface area contributed by atoms with Crippen molar-refractivity contribution < 1.29 is 9.59 Å². The molecule has 2 heterocycles. The Hall–Kier alpha value is -2.63. The van der Waals surface area contributed by atoms with E-state index in [-0.39, 0.29) is 36.1 Å². The first-order valence-electron chi connectivity index (χ1n) is 11.8. The van der Waals surface area contributed by atoms with E-state index in [1.165, 1.54) is 21.7 Å². The minimum Gasteiger partial charge on any atom is -0.368 e. The fraction of sp³-hybridized carbons (Fsp3) is 0.407. The Morgan fingerprint density at radius 1 is 0.727 bits per heavy atom. The highest BCUT2D eigenvalue weighted by atomic mass is 35.5. The third kappa shape index (κ3) is 4.85. The molecule has 33 heavy (non-hydrogen) atoms. The van der Waals surface area contributed by atoms with Gasteiger partial charge in [-0.2, -0.15) is 0 Å². The summed E-state index contributed by atoms with van der Waals surface area (Å²) >= 11 is 0. The van der Waals surface area contributed by atoms with Crippen molar-refractivity contribution in [3.63, 3.8) is 0 Å². The number of piperazine rings is 1. The van der Waals surface area contributed by atoms with E-state index in [2.05, 4.69) is 64.4 Å². The highest BCUT2D eigenvalue weighted by Crippen LogP contribution is 2.35. The van der Waals surface area contributed by atoms with E-state index in [1.807, 2.05) is 12.2 Å². The van der Waals surface area contributed by atoms with Crippen molar-refractivity contribution in [2.75, 3.05) is 44.2 Å². The summed E-state index contributed by atoms with van der Waals surface area (Å²) in [5, 5.41) is 0. The first kappa shape index (κ1) is 23.5. The van der Waals surface area contributed by atoms with E-state index in [4.69, 9.17) is 0 Å². The molecule has 5 nitrogen and oxygen atoms in total. The van der Waals surface area contributed by atoms with Crippen LogP contribution in [0.1, 0.15) is 19.3 Å². The quantitative estimate of drug-likeness (QED) is 0.473. The van der Waals surface area contributed by atoms with Crippen LogP contribution in [0, 0.1) is 11.8 Å². The van der Waals surface area contributed by atoms with Gasteiger partial charge in [-0.3, -0.25) is 19.4 Å². The van der Waals surface area contributed by atoms with Crippen molar-refractivity contribution in [3.05, 3.63) is 66.7 Å². The summed E-state index contributed by atoms with van der Waals surface area (Å²) in [4.78, 5) is 31.7. The molecule has 174 valence electrons. The van der Waals surface area contributed by atoms with Gasteiger partial charge in [-0.15, -0.1) is 12.4 Å². The predicted octanol–water partition coefficient (Wildman–Crippen LogP) is 4.24. The summed E-state index contributed by atoms with van der Waals surface area (Å²) in [6.45, 7) is 5.46. The van der Waals surface area contributed by atoms with Crippen molar-refractivity contribution >= 4 is 29.9 Å². The molecule has 0 N–H and O–H groups in total. The number of anilines is 1. The van der Waals surface area contributed by atoms with Crippen LogP contribution in [-0.2, 0) is 9.59 Å². The number of carbonyl (C=O) groups excluding carboxylic acids is 2. The molecule has 5 rings (SSSR count). The van der Waals surface area contributed by atoms with Gasteiger partial charge in [-0.25, -0.2) is 0 Å². The van der Waals surface area contributed by atoms with Gasteiger partial charge in [-0.1, -0.05) is 60.7 Å². The zero-order valence-electron chi connectivity index (χ0n) is 18.9. The van der Waals surface area contributed by atoms with E-state index in [0.717, 1.165) is 52.0 Å². The molecule has 2 fully saturated rings. The summed E-state index contributed by atoms with van der Waals surface area (Å²) in [6.07, 6.45) is 6.39. The van der Waals surface area contributed by atoms with Crippen molar-refractivity contribution in [1.29, 1.82) is 0 Å². The minimum absolute atomic E-state index is 0. The van der Waals surface area contributed by atoms with Gasteiger partial charge in [-0.05, 0) is 37.4 Å². The molecule has 2 saturated heterocycles. The predicted molar refractivity (Wildman–Crippen MR) is 134 cm³/mol. The molecular weight excluding hydrogens is 434 g/mol. The lowest BCUT2D eigenvalue weighted by atomic mass is 9.85. The molecule has 2 aliphatic heterocycles. The van der Waals surface area contributed by atoms with Crippen molar-refractivity contribution in [2.45, 2.75) is 19.3 Å². The van der Waals surface area contributed by atoms with Crippen molar-refractivity contribution in [1.82, 2.24) is 9.80 Å². The Balaban J connectivity index is 0.00000259. The van der Waals surface area contributed by atoms with Gasteiger partial charge in [0.15, 0.2) is 0 Å². The molecule has 3 aliphatic rings. The van der Waals surface area contributed by atoms with E-state index < -0.39 is 0 Å². The molecule has 2 atom stereocenters. The maximum absolute atomic E-state index is 12.6. The normalized spacial score (nSPS) is 22.9. The highest BCUT2D eigenvalue weighted by molar-refractivity contribution is 6.05. The number of para-hydroxylation sites is 1. The zero-order valence-corrected chi connectivity index (χ0v) is 19.8. The standard InChI is InChI=1S/C27H31N3O2.ClH/c31-26-23-12-4-5-13-24(23)27(32)30(26)16-8-15-28-17-19-29(20-18-28)25-14-7-6-11-22(25)21-9-2-1-3-10-21;/h1-7,9-11,14,23-24H,8,12-13,15-20H2;1H. The summed E-state index contributed by atoms with van der Waals surface area (Å²) < 4.78 is 0. The highest BCUT2D eigenvalue weighted by Gasteiger charge is 2.46. The average molecular weight is 466 g/mol. The third-order valence-electron chi connectivity index (χ3n) is 7.16. The number of allylic oxidation sites excluding steroid dienone is 2. The lowest BCUT2D eigenvalue weighted by Crippen LogP contribution is -2.47. The second-order valence-corrected chi connectivity index (χ2v) is 9.05. The number of hydrogen-bond acceptors (Lipinski definition) is 4. The fourth-order valence-electron chi connectivity index (χ4n) is 5.37. The molecule has 0 radical (unpaired) electrons. The monoisotopic (exact) mass is 465 g/mol. The van der Waals surface area contributed by atoms with Crippen LogP contribution in [0.2, 0.25) is 0 Å². The second kappa shape index (κ2) is 10.5. The largest absolute Gasteiger partial charge is 0.368 e. The van der Waals surface area contributed by atoms with Crippen LogP contribution in [0.25, 0.3) is 11.1 Å². The summed E-state index contributed by atoms with van der Waals surface area (Å²) in [6, 6.07) is 19.2. The molecule has 2 amide bonds. The maximum Gasteiger partial charge on any atom is 0.233 e. The Kier molecular flexibility index (Phi) is 7.51. The molecule has 0 bridgehead atoms. The van der Waals surface area contributed by atoms with Crippen molar-refractivity contribution in [2.24, 2.45) is 11.8 Å². The smallest absolute Gasteiger partial charge is 0.233 e. The van der Waals surface area contributed by atoms with Crippen molar-refractivity contribution in [3.8, 4) is 11.1 Å². The number of likely N-dealkylation sites (tertiary alicyclic amines) is 1. The Bertz CT molecular complexity index is 975. The molecule has 0 spiro atoms. The van der Waals surface area contributed by atoms with E-state index in [1.54, 1.807) is 0 Å². The van der Waals surface area contributed by atoms with Gasteiger partial charge in [0.25, 0.3) is 0 Å². The number of carbonyl (C=O) groups is 2. The van der Waals surface area contributed by atoms with Gasteiger partial charge in [0.2, 0.25) is 11.8 Å². The lowest BCUT2D eigenvalue weighted by Gasteiger charge is -2.37. The van der Waals surface area contributed by atoms with Gasteiger partial charge < -0.3 is 4.90 Å². The fourth-order valence-corrected chi connectivity index (χ4v) is 5.37. The van der Waals surface area contributed by atoms with Gasteiger partial charge in [0.1, 0.15) is 0 Å². The molecule has 2 aromatic carbocycles. The maximum atomic E-state index is 12.6. The van der Waals surface area contributed by atoms with Gasteiger partial charge in [0, 0.05) is 44.0 Å². The number of halogens is 1. The molecule has 0 aromatic heterocycles. The molecule has 1 aliphatic carbocycles. The first-order valence-corrected chi connectivity index (χ1v) is 11.8. The zero-order chi connectivity index (χ0) is 21.9. The van der Waals surface area contributed by atoms with Gasteiger partial charge in [0.05, 0.1) is 11.8 Å². The lowest BCUT2D eigenvalue weighted by molar-refractivity contribution is -0.140. The molecular formula is C27H32ClN3O2. The summed E-state index contributed by atoms with van der Waals surface area (Å²) in [5.74, 6) is -0.125. The molecule has 6 heteroatoms. The minimum atomic E-state index is -0.110. The Morgan fingerprint density at radius 3 is 2.00 bits per heavy atom. The van der Waals surface area contributed by atoms with Crippen LogP contribution < -0.4 is 4.90 Å². The Morgan fingerprint density at radius 2 is 1.33 bits per heavy atom. The summed E-state index contributed by atoms with van der Waals surface area (Å²) in [7, 11) is 0. The summed E-state index contributed by atoms with van der Waals surface area (Å²) in [5.41, 5.74) is 3.83. The van der Waals surface area contributed by atoms with Crippen LogP contribution in [-0.4, -0.2) is 60.9 Å². The van der Waals surface area contributed by atoms with Crippen LogP contribution in [0.5, 0.6) is 0 Å². The van der Waals surface area contributed by atoms with Gasteiger partial charge >= 0.3 is 0 Å². The number of nitrogens with zero attached hydrogens (tertiary/aromatic N) is 3. The van der Waals surface area contributed by atoms with Crippen LogP contribution in [0.4, 0.5) is 5.69 Å². The van der Waals surface area contributed by atoms with Crippen LogP contribution >= 0.6 is 12.4 Å². The Labute approximate surface area is 202 Å². The molecule has 2 aromatic rings. The van der Waals surface area contributed by atoms with E-state index in [0.29, 0.717) is 6.54 Å². The number of hydrogen-bond donors (Lipinski definition) is 0. The molecule has 0 saturated carbocycles. The van der Waals surface area contributed by atoms with Crippen LogP contribution in [0.15, 0.2) is 66.7 Å². The number of amides is 2. The number of imide groups is 1. The topological polar surface area (TPSA) is 43.9 Å². The third-order valence-corrected chi connectivity index (χ3v) is 7.16. The number of fused-ring (bicyclic) bond motifs is 1. The molecule has 2 unspecified atom stereocenters. The average Bonchev–Trinajstić information content (AvgIpc) is 3.10. The number of benzene rings is 2. The van der Waals surface area contributed by atoms with E-state index in [9.17, 15) is 9.59 Å². The first-order chi connectivity index (χ1) is 15.7.